The summed E-state index contributed by atoms with van der Waals surface area (Å²) in [5, 5.41) is 0. The van der Waals surface area contributed by atoms with E-state index in [-0.39, 0.29) is 11.9 Å². The van der Waals surface area contributed by atoms with Crippen molar-refractivity contribution in [2.45, 2.75) is 44.8 Å². The summed E-state index contributed by atoms with van der Waals surface area (Å²) in [5.74, 6) is -0.140. The minimum atomic E-state index is -0.140. The molecule has 18 heavy (non-hydrogen) atoms. The average Bonchev–Trinajstić information content (AvgIpc) is 2.28. The van der Waals surface area contributed by atoms with E-state index in [1.165, 1.54) is 6.07 Å². The van der Waals surface area contributed by atoms with Crippen molar-refractivity contribution in [1.29, 1.82) is 0 Å². The summed E-state index contributed by atoms with van der Waals surface area (Å²) < 4.78 is 14.8. The fraction of sp³-hybridized carbons (Fsp3) is 0.571. The van der Waals surface area contributed by atoms with Gasteiger partial charge >= 0.3 is 0 Å². The molecule has 1 aliphatic heterocycles. The lowest BCUT2D eigenvalue weighted by Gasteiger charge is -2.40. The molecule has 2 N–H and O–H groups in total. The van der Waals surface area contributed by atoms with Crippen LogP contribution in [0.1, 0.15) is 38.3 Å². The van der Waals surface area contributed by atoms with Gasteiger partial charge in [-0.1, -0.05) is 22.0 Å². The molecule has 1 aromatic rings. The lowest BCUT2D eigenvalue weighted by atomic mass is 9.95. The summed E-state index contributed by atoms with van der Waals surface area (Å²) in [6, 6.07) is 6.10. The maximum atomic E-state index is 14.0. The molecule has 1 saturated heterocycles. The van der Waals surface area contributed by atoms with E-state index in [0.29, 0.717) is 12.1 Å². The van der Waals surface area contributed by atoms with Gasteiger partial charge in [-0.2, -0.15) is 0 Å². The summed E-state index contributed by atoms with van der Waals surface area (Å²) in [5.41, 5.74) is 6.73. The number of piperidine rings is 1. The highest BCUT2D eigenvalue weighted by Gasteiger charge is 2.28. The molecule has 1 heterocycles. The van der Waals surface area contributed by atoms with E-state index in [1.807, 2.05) is 12.1 Å². The molecule has 0 spiro atoms. The van der Waals surface area contributed by atoms with Gasteiger partial charge in [-0.25, -0.2) is 4.39 Å². The number of halogens is 2. The minimum Gasteiger partial charge on any atom is -0.328 e. The zero-order chi connectivity index (χ0) is 13.3. The number of likely N-dealkylation sites (tertiary alicyclic amines) is 1. The van der Waals surface area contributed by atoms with Gasteiger partial charge in [0.2, 0.25) is 0 Å². The van der Waals surface area contributed by atoms with Crippen LogP contribution in [-0.2, 0) is 0 Å². The zero-order valence-corrected chi connectivity index (χ0v) is 12.5. The second kappa shape index (κ2) is 5.68. The van der Waals surface area contributed by atoms with Gasteiger partial charge in [0.25, 0.3) is 0 Å². The molecule has 0 aromatic heterocycles. The molecule has 1 aromatic carbocycles. The van der Waals surface area contributed by atoms with E-state index in [0.717, 1.165) is 29.4 Å². The van der Waals surface area contributed by atoms with Crippen LogP contribution in [0.4, 0.5) is 4.39 Å². The number of benzene rings is 1. The summed E-state index contributed by atoms with van der Waals surface area (Å²) >= 11 is 3.29. The zero-order valence-electron chi connectivity index (χ0n) is 10.9. The number of hydrogen-bond acceptors (Lipinski definition) is 2. The van der Waals surface area contributed by atoms with Crippen molar-refractivity contribution in [2.75, 3.05) is 6.54 Å². The largest absolute Gasteiger partial charge is 0.328 e. The number of hydrogen-bond donors (Lipinski definition) is 1. The van der Waals surface area contributed by atoms with Crippen LogP contribution in [0.5, 0.6) is 0 Å². The van der Waals surface area contributed by atoms with E-state index in [1.54, 1.807) is 0 Å². The van der Waals surface area contributed by atoms with E-state index < -0.39 is 0 Å². The average molecular weight is 315 g/mol. The first-order valence-electron chi connectivity index (χ1n) is 6.45. The molecule has 0 aliphatic carbocycles. The molecular formula is C14H20BrFN2. The van der Waals surface area contributed by atoms with E-state index in [2.05, 4.69) is 34.7 Å². The lowest BCUT2D eigenvalue weighted by Crippen LogP contribution is -2.46. The smallest absolute Gasteiger partial charge is 0.129 e. The van der Waals surface area contributed by atoms with Crippen LogP contribution in [0.25, 0.3) is 0 Å². The molecule has 0 saturated carbocycles. The highest BCUT2D eigenvalue weighted by molar-refractivity contribution is 9.10. The van der Waals surface area contributed by atoms with Crippen molar-refractivity contribution in [3.63, 3.8) is 0 Å². The highest BCUT2D eigenvalue weighted by atomic mass is 79.9. The van der Waals surface area contributed by atoms with Crippen LogP contribution in [0.2, 0.25) is 0 Å². The summed E-state index contributed by atoms with van der Waals surface area (Å²) in [7, 11) is 0. The monoisotopic (exact) mass is 314 g/mol. The van der Waals surface area contributed by atoms with Crippen molar-refractivity contribution in [1.82, 2.24) is 4.90 Å². The third-order valence-corrected chi connectivity index (χ3v) is 4.37. The second-order valence-electron chi connectivity index (χ2n) is 5.21. The predicted octanol–water partition coefficient (Wildman–Crippen LogP) is 3.46. The Morgan fingerprint density at radius 3 is 2.83 bits per heavy atom. The Balaban J connectivity index is 2.17. The number of nitrogens with two attached hydrogens (primary N) is 1. The standard InChI is InChI=1S/C14H20BrFN2/c1-9-7-12(17)5-6-18(9)10(2)13-4-3-11(15)8-14(13)16/h3-4,8-10,12H,5-7,17H2,1-2H3. The fourth-order valence-electron chi connectivity index (χ4n) is 2.82. The first-order chi connectivity index (χ1) is 8.49. The van der Waals surface area contributed by atoms with Crippen LogP contribution < -0.4 is 5.73 Å². The van der Waals surface area contributed by atoms with Crippen LogP contribution in [0.3, 0.4) is 0 Å². The first kappa shape index (κ1) is 14.0. The second-order valence-corrected chi connectivity index (χ2v) is 6.13. The van der Waals surface area contributed by atoms with Crippen molar-refractivity contribution >= 4 is 15.9 Å². The lowest BCUT2D eigenvalue weighted by molar-refractivity contribution is 0.102. The molecule has 0 amide bonds. The van der Waals surface area contributed by atoms with Gasteiger partial charge in [0.15, 0.2) is 0 Å². The molecule has 2 rings (SSSR count). The van der Waals surface area contributed by atoms with Crippen molar-refractivity contribution in [3.05, 3.63) is 34.1 Å². The quantitative estimate of drug-likeness (QED) is 0.905. The summed E-state index contributed by atoms with van der Waals surface area (Å²) in [6.45, 7) is 5.19. The van der Waals surface area contributed by atoms with Gasteiger partial charge in [-0.05, 0) is 38.8 Å². The van der Waals surface area contributed by atoms with E-state index in [4.69, 9.17) is 5.73 Å². The number of rotatable bonds is 2. The Morgan fingerprint density at radius 1 is 1.50 bits per heavy atom. The Bertz CT molecular complexity index is 424. The summed E-state index contributed by atoms with van der Waals surface area (Å²) in [4.78, 5) is 2.34. The van der Waals surface area contributed by atoms with Crippen molar-refractivity contribution in [3.8, 4) is 0 Å². The highest BCUT2D eigenvalue weighted by Crippen LogP contribution is 2.30. The molecule has 1 fully saturated rings. The van der Waals surface area contributed by atoms with Crippen LogP contribution in [-0.4, -0.2) is 23.5 Å². The van der Waals surface area contributed by atoms with Crippen LogP contribution in [0, 0.1) is 5.82 Å². The van der Waals surface area contributed by atoms with Gasteiger partial charge in [0, 0.05) is 34.7 Å². The third kappa shape index (κ3) is 2.92. The van der Waals surface area contributed by atoms with Gasteiger partial charge < -0.3 is 5.73 Å². The molecule has 100 valence electrons. The molecule has 1 aliphatic rings. The Morgan fingerprint density at radius 2 is 2.22 bits per heavy atom. The summed E-state index contributed by atoms with van der Waals surface area (Å²) in [6.07, 6.45) is 1.98. The molecule has 3 unspecified atom stereocenters. The molecule has 0 radical (unpaired) electrons. The van der Waals surface area contributed by atoms with Crippen LogP contribution >= 0.6 is 15.9 Å². The maximum Gasteiger partial charge on any atom is 0.129 e. The van der Waals surface area contributed by atoms with E-state index >= 15 is 0 Å². The van der Waals surface area contributed by atoms with Gasteiger partial charge in [0.1, 0.15) is 5.82 Å². The molecule has 3 atom stereocenters. The first-order valence-corrected chi connectivity index (χ1v) is 7.24. The van der Waals surface area contributed by atoms with Gasteiger partial charge in [-0.15, -0.1) is 0 Å². The molecule has 2 nitrogen and oxygen atoms in total. The molecular weight excluding hydrogens is 295 g/mol. The van der Waals surface area contributed by atoms with Crippen molar-refractivity contribution in [2.24, 2.45) is 5.73 Å². The van der Waals surface area contributed by atoms with E-state index in [9.17, 15) is 4.39 Å². The fourth-order valence-corrected chi connectivity index (χ4v) is 3.15. The van der Waals surface area contributed by atoms with Crippen LogP contribution in [0.15, 0.2) is 22.7 Å². The SMILES string of the molecule is CC1CC(N)CCN1C(C)c1ccc(Br)cc1F. The minimum absolute atomic E-state index is 0.0978. The third-order valence-electron chi connectivity index (χ3n) is 3.88. The Labute approximate surface area is 116 Å². The normalized spacial score (nSPS) is 27.2. The predicted molar refractivity (Wildman–Crippen MR) is 75.9 cm³/mol. The van der Waals surface area contributed by atoms with Gasteiger partial charge in [-0.3, -0.25) is 4.90 Å². The van der Waals surface area contributed by atoms with Gasteiger partial charge in [0.05, 0.1) is 0 Å². The maximum absolute atomic E-state index is 14.0. The number of nitrogens with zero attached hydrogens (tertiary/aromatic N) is 1. The Kier molecular flexibility index (Phi) is 4.41. The molecule has 0 bridgehead atoms. The molecule has 4 heteroatoms. The Hall–Kier alpha value is -0.450. The van der Waals surface area contributed by atoms with Crippen molar-refractivity contribution < 1.29 is 4.39 Å². The topological polar surface area (TPSA) is 29.3 Å².